The highest BCUT2D eigenvalue weighted by molar-refractivity contribution is 5.96. The maximum Gasteiger partial charge on any atom is 0.336 e. The maximum atomic E-state index is 14.5. The predicted molar refractivity (Wildman–Crippen MR) is 109 cm³/mol. The number of ether oxygens (including phenoxy) is 1. The van der Waals surface area contributed by atoms with Gasteiger partial charge in [-0.05, 0) is 50.1 Å². The fourth-order valence-electron chi connectivity index (χ4n) is 3.69. The largest absolute Gasteiger partial charge is 0.460 e. The number of benzene rings is 2. The molecule has 0 saturated carbocycles. The lowest BCUT2D eigenvalue weighted by Crippen LogP contribution is -2.38. The quantitative estimate of drug-likeness (QED) is 0.689. The van der Waals surface area contributed by atoms with Gasteiger partial charge in [0.05, 0.1) is 29.9 Å². The molecule has 5 nitrogen and oxygen atoms in total. The Morgan fingerprint density at radius 3 is 2.67 bits per heavy atom. The van der Waals surface area contributed by atoms with Gasteiger partial charge in [-0.1, -0.05) is 30.3 Å². The van der Waals surface area contributed by atoms with Crippen LogP contribution in [-0.4, -0.2) is 22.9 Å². The van der Waals surface area contributed by atoms with Crippen molar-refractivity contribution in [3.63, 3.8) is 0 Å². The molecule has 154 valence electrons. The molecular formula is C24H23FN2O3. The van der Waals surface area contributed by atoms with Crippen molar-refractivity contribution in [1.29, 1.82) is 5.26 Å². The third-order valence-corrected chi connectivity index (χ3v) is 5.06. The fraction of sp³-hybridized carbons (Fsp3) is 0.292. The molecular weight excluding hydrogens is 383 g/mol. The summed E-state index contributed by atoms with van der Waals surface area (Å²) in [5.41, 5.74) is 2.27. The Morgan fingerprint density at radius 2 is 2.00 bits per heavy atom. The first-order valence-corrected chi connectivity index (χ1v) is 9.77. The zero-order chi connectivity index (χ0) is 21.8. The number of carbonyl (C=O) groups is 2. The van der Waals surface area contributed by atoms with Gasteiger partial charge in [-0.25, -0.2) is 9.18 Å². The Bertz CT molecular complexity index is 1050. The summed E-state index contributed by atoms with van der Waals surface area (Å²) in [6, 6.07) is 15.2. The lowest BCUT2D eigenvalue weighted by Gasteiger charge is -2.35. The summed E-state index contributed by atoms with van der Waals surface area (Å²) < 4.78 is 19.9. The van der Waals surface area contributed by atoms with Crippen LogP contribution >= 0.6 is 0 Å². The van der Waals surface area contributed by atoms with Crippen LogP contribution in [0.4, 0.5) is 4.39 Å². The highest BCUT2D eigenvalue weighted by Crippen LogP contribution is 2.38. The maximum absolute atomic E-state index is 14.5. The van der Waals surface area contributed by atoms with E-state index in [9.17, 15) is 14.0 Å². The van der Waals surface area contributed by atoms with Crippen molar-refractivity contribution in [2.75, 3.05) is 0 Å². The topological polar surface area (TPSA) is 70.4 Å². The SMILES string of the molecule is CC1=C(C(=O)OC(C)C)C(c2ccccc2F)CC(=O)N1Cc1cccc(C#N)c1. The van der Waals surface area contributed by atoms with E-state index in [1.165, 1.54) is 11.0 Å². The first-order chi connectivity index (χ1) is 14.3. The van der Waals surface area contributed by atoms with E-state index >= 15 is 0 Å². The molecule has 30 heavy (non-hydrogen) atoms. The molecule has 0 saturated heterocycles. The van der Waals surface area contributed by atoms with E-state index in [2.05, 4.69) is 6.07 Å². The van der Waals surface area contributed by atoms with Crippen LogP contribution in [-0.2, 0) is 20.9 Å². The summed E-state index contributed by atoms with van der Waals surface area (Å²) in [7, 11) is 0. The second-order valence-electron chi connectivity index (χ2n) is 7.52. The van der Waals surface area contributed by atoms with Crippen LogP contribution in [0.3, 0.4) is 0 Å². The van der Waals surface area contributed by atoms with Gasteiger partial charge in [0.15, 0.2) is 0 Å². The number of carbonyl (C=O) groups excluding carboxylic acids is 2. The molecule has 1 aliphatic heterocycles. The minimum absolute atomic E-state index is 0.0429. The standard InChI is InChI=1S/C24H23FN2O3/c1-15(2)30-24(29)23-16(3)27(14-18-8-6-7-17(11-18)13-26)22(28)12-20(23)19-9-4-5-10-21(19)25/h4-11,15,20H,12,14H2,1-3H3. The van der Waals surface area contributed by atoms with Crippen LogP contribution in [0, 0.1) is 17.1 Å². The van der Waals surface area contributed by atoms with Crippen molar-refractivity contribution in [3.05, 3.63) is 82.3 Å². The number of hydrogen-bond acceptors (Lipinski definition) is 4. The highest BCUT2D eigenvalue weighted by Gasteiger charge is 2.38. The van der Waals surface area contributed by atoms with Crippen molar-refractivity contribution < 1.29 is 18.7 Å². The molecule has 0 aliphatic carbocycles. The molecule has 0 fully saturated rings. The lowest BCUT2D eigenvalue weighted by atomic mass is 9.83. The molecule has 2 aromatic rings. The second kappa shape index (κ2) is 8.91. The Hall–Kier alpha value is -3.46. The number of nitriles is 1. The van der Waals surface area contributed by atoms with Crippen LogP contribution < -0.4 is 0 Å². The molecule has 1 unspecified atom stereocenters. The molecule has 0 spiro atoms. The van der Waals surface area contributed by atoms with Gasteiger partial charge in [0, 0.05) is 18.0 Å². The van der Waals surface area contributed by atoms with Crippen LogP contribution in [0.2, 0.25) is 0 Å². The van der Waals surface area contributed by atoms with Crippen LogP contribution in [0.15, 0.2) is 59.8 Å². The second-order valence-corrected chi connectivity index (χ2v) is 7.52. The number of esters is 1. The zero-order valence-corrected chi connectivity index (χ0v) is 17.2. The Kier molecular flexibility index (Phi) is 6.31. The number of amides is 1. The van der Waals surface area contributed by atoms with Gasteiger partial charge in [-0.15, -0.1) is 0 Å². The van der Waals surface area contributed by atoms with Crippen molar-refractivity contribution in [2.45, 2.75) is 45.8 Å². The minimum atomic E-state index is -0.716. The van der Waals surface area contributed by atoms with E-state index < -0.39 is 17.7 Å². The molecule has 0 N–H and O–H groups in total. The molecule has 0 bridgehead atoms. The third kappa shape index (κ3) is 4.41. The van der Waals surface area contributed by atoms with Crippen LogP contribution in [0.1, 0.15) is 49.8 Å². The molecule has 6 heteroatoms. The normalized spacial score (nSPS) is 16.6. The monoisotopic (exact) mass is 406 g/mol. The van der Waals surface area contributed by atoms with E-state index in [0.717, 1.165) is 5.56 Å². The van der Waals surface area contributed by atoms with Gasteiger partial charge in [0.2, 0.25) is 5.91 Å². The van der Waals surface area contributed by atoms with Crippen molar-refractivity contribution in [3.8, 4) is 6.07 Å². The van der Waals surface area contributed by atoms with Crippen LogP contribution in [0.25, 0.3) is 0 Å². The summed E-state index contributed by atoms with van der Waals surface area (Å²) in [5.74, 6) is -1.96. The molecule has 1 atom stereocenters. The van der Waals surface area contributed by atoms with Crippen molar-refractivity contribution >= 4 is 11.9 Å². The molecule has 1 heterocycles. The summed E-state index contributed by atoms with van der Waals surface area (Å²) >= 11 is 0. The first-order valence-electron chi connectivity index (χ1n) is 9.77. The van der Waals surface area contributed by atoms with E-state index in [1.807, 2.05) is 6.07 Å². The number of nitrogens with zero attached hydrogens (tertiary/aromatic N) is 2. The smallest absolute Gasteiger partial charge is 0.336 e. The zero-order valence-electron chi connectivity index (χ0n) is 17.2. The number of hydrogen-bond donors (Lipinski definition) is 0. The molecule has 3 rings (SSSR count). The Morgan fingerprint density at radius 1 is 1.27 bits per heavy atom. The van der Waals surface area contributed by atoms with Gasteiger partial charge < -0.3 is 9.64 Å². The molecule has 0 aromatic heterocycles. The van der Waals surface area contributed by atoms with Crippen molar-refractivity contribution in [1.82, 2.24) is 4.90 Å². The Balaban J connectivity index is 2.06. The molecule has 1 aliphatic rings. The summed E-state index contributed by atoms with van der Waals surface area (Å²) in [6.07, 6.45) is -0.392. The van der Waals surface area contributed by atoms with E-state index in [4.69, 9.17) is 10.00 Å². The fourth-order valence-corrected chi connectivity index (χ4v) is 3.69. The Labute approximate surface area is 175 Å². The molecule has 0 radical (unpaired) electrons. The third-order valence-electron chi connectivity index (χ3n) is 5.06. The number of rotatable bonds is 5. The predicted octanol–water partition coefficient (Wildman–Crippen LogP) is 4.44. The summed E-state index contributed by atoms with van der Waals surface area (Å²) in [4.78, 5) is 27.4. The van der Waals surface area contributed by atoms with Gasteiger partial charge in [0.25, 0.3) is 0 Å². The average Bonchev–Trinajstić information content (AvgIpc) is 2.70. The first kappa shape index (κ1) is 21.3. The van der Waals surface area contributed by atoms with Crippen molar-refractivity contribution in [2.24, 2.45) is 0 Å². The van der Waals surface area contributed by atoms with Gasteiger partial charge in [0.1, 0.15) is 5.82 Å². The van der Waals surface area contributed by atoms with E-state index in [0.29, 0.717) is 16.8 Å². The average molecular weight is 406 g/mol. The lowest BCUT2D eigenvalue weighted by molar-refractivity contribution is -0.143. The molecule has 2 aromatic carbocycles. The van der Waals surface area contributed by atoms with E-state index in [-0.39, 0.29) is 30.5 Å². The van der Waals surface area contributed by atoms with Gasteiger partial charge in [-0.2, -0.15) is 5.26 Å². The van der Waals surface area contributed by atoms with Gasteiger partial charge in [-0.3, -0.25) is 4.79 Å². The summed E-state index contributed by atoms with van der Waals surface area (Å²) in [5, 5.41) is 9.12. The summed E-state index contributed by atoms with van der Waals surface area (Å²) in [6.45, 7) is 5.37. The van der Waals surface area contributed by atoms with Gasteiger partial charge >= 0.3 is 5.97 Å². The minimum Gasteiger partial charge on any atom is -0.460 e. The highest BCUT2D eigenvalue weighted by atomic mass is 19.1. The molecule has 1 amide bonds. The van der Waals surface area contributed by atoms with E-state index in [1.54, 1.807) is 57.2 Å². The number of halogens is 1. The van der Waals surface area contributed by atoms with Crippen LogP contribution in [0.5, 0.6) is 0 Å². The number of allylic oxidation sites excluding steroid dienone is 1.